The lowest BCUT2D eigenvalue weighted by Crippen LogP contribution is -2.30. The highest BCUT2D eigenvalue weighted by Gasteiger charge is 2.09. The average Bonchev–Trinajstić information content (AvgIpc) is 2.44. The Bertz CT molecular complexity index is 350. The van der Waals surface area contributed by atoms with E-state index in [1.165, 1.54) is 5.56 Å². The van der Waals surface area contributed by atoms with Crippen molar-refractivity contribution in [2.75, 3.05) is 32.8 Å². The van der Waals surface area contributed by atoms with Gasteiger partial charge in [-0.25, -0.2) is 0 Å². The first-order chi connectivity index (χ1) is 9.21. The molecule has 0 saturated heterocycles. The SMILES string of the molecule is CCN(CC)CC(C)COc1ccccc1CCN. The highest BCUT2D eigenvalue weighted by molar-refractivity contribution is 5.33. The second kappa shape index (κ2) is 8.94. The van der Waals surface area contributed by atoms with Crippen molar-refractivity contribution in [2.45, 2.75) is 27.2 Å². The molecule has 0 saturated carbocycles. The largest absolute Gasteiger partial charge is 0.493 e. The summed E-state index contributed by atoms with van der Waals surface area (Å²) in [6.45, 7) is 11.4. The molecule has 0 fully saturated rings. The van der Waals surface area contributed by atoms with Gasteiger partial charge < -0.3 is 15.4 Å². The maximum absolute atomic E-state index is 5.96. The zero-order chi connectivity index (χ0) is 14.1. The maximum atomic E-state index is 5.96. The summed E-state index contributed by atoms with van der Waals surface area (Å²) in [6.07, 6.45) is 0.876. The van der Waals surface area contributed by atoms with E-state index < -0.39 is 0 Å². The van der Waals surface area contributed by atoms with Crippen LogP contribution in [0.15, 0.2) is 24.3 Å². The molecule has 0 aliphatic carbocycles. The van der Waals surface area contributed by atoms with E-state index in [2.05, 4.69) is 31.7 Å². The van der Waals surface area contributed by atoms with Gasteiger partial charge in [0.2, 0.25) is 0 Å². The van der Waals surface area contributed by atoms with Gasteiger partial charge in [0.25, 0.3) is 0 Å². The minimum absolute atomic E-state index is 0.533. The van der Waals surface area contributed by atoms with E-state index in [-0.39, 0.29) is 0 Å². The molecule has 0 aliphatic heterocycles. The van der Waals surface area contributed by atoms with Gasteiger partial charge in [-0.2, -0.15) is 0 Å². The van der Waals surface area contributed by atoms with Crippen molar-refractivity contribution in [1.29, 1.82) is 0 Å². The van der Waals surface area contributed by atoms with Crippen LogP contribution in [-0.4, -0.2) is 37.7 Å². The molecule has 1 aromatic carbocycles. The summed E-state index contributed by atoms with van der Waals surface area (Å²) in [5, 5.41) is 0. The van der Waals surface area contributed by atoms with Gasteiger partial charge in [0.1, 0.15) is 5.75 Å². The summed E-state index contributed by atoms with van der Waals surface area (Å²) < 4.78 is 5.96. The minimum atomic E-state index is 0.533. The van der Waals surface area contributed by atoms with Crippen LogP contribution in [0.25, 0.3) is 0 Å². The zero-order valence-electron chi connectivity index (χ0n) is 12.6. The van der Waals surface area contributed by atoms with Crippen molar-refractivity contribution in [2.24, 2.45) is 11.7 Å². The number of nitrogens with two attached hydrogens (primary N) is 1. The molecule has 2 N–H and O–H groups in total. The number of hydrogen-bond donors (Lipinski definition) is 1. The van der Waals surface area contributed by atoms with Gasteiger partial charge in [-0.15, -0.1) is 0 Å². The lowest BCUT2D eigenvalue weighted by Gasteiger charge is -2.23. The molecule has 108 valence electrons. The fraction of sp³-hybridized carbons (Fsp3) is 0.625. The van der Waals surface area contributed by atoms with Crippen molar-refractivity contribution >= 4 is 0 Å². The van der Waals surface area contributed by atoms with E-state index in [1.807, 2.05) is 18.2 Å². The first-order valence-electron chi connectivity index (χ1n) is 7.34. The Morgan fingerprint density at radius 2 is 1.89 bits per heavy atom. The summed E-state index contributed by atoms with van der Waals surface area (Å²) in [4.78, 5) is 2.43. The third-order valence-corrected chi connectivity index (χ3v) is 3.37. The van der Waals surface area contributed by atoms with E-state index in [1.54, 1.807) is 0 Å². The number of hydrogen-bond acceptors (Lipinski definition) is 3. The molecular formula is C16H28N2O. The van der Waals surface area contributed by atoms with Crippen LogP contribution in [0, 0.1) is 5.92 Å². The zero-order valence-corrected chi connectivity index (χ0v) is 12.6. The van der Waals surface area contributed by atoms with Gasteiger partial charge in [-0.1, -0.05) is 39.0 Å². The minimum Gasteiger partial charge on any atom is -0.493 e. The third kappa shape index (κ3) is 5.62. The second-order valence-electron chi connectivity index (χ2n) is 5.05. The van der Waals surface area contributed by atoms with Crippen molar-refractivity contribution in [1.82, 2.24) is 4.90 Å². The molecular weight excluding hydrogens is 236 g/mol. The Morgan fingerprint density at radius 1 is 1.21 bits per heavy atom. The maximum Gasteiger partial charge on any atom is 0.122 e. The summed E-state index contributed by atoms with van der Waals surface area (Å²) >= 11 is 0. The number of rotatable bonds is 9. The predicted molar refractivity (Wildman–Crippen MR) is 81.6 cm³/mol. The topological polar surface area (TPSA) is 38.5 Å². The Kier molecular flexibility index (Phi) is 7.53. The van der Waals surface area contributed by atoms with Gasteiger partial charge in [0, 0.05) is 12.5 Å². The average molecular weight is 264 g/mol. The van der Waals surface area contributed by atoms with Gasteiger partial charge in [0.15, 0.2) is 0 Å². The first-order valence-corrected chi connectivity index (χ1v) is 7.34. The number of nitrogens with zero attached hydrogens (tertiary/aromatic N) is 1. The quantitative estimate of drug-likeness (QED) is 0.745. The van der Waals surface area contributed by atoms with Gasteiger partial charge >= 0.3 is 0 Å². The molecule has 1 atom stereocenters. The second-order valence-corrected chi connectivity index (χ2v) is 5.05. The molecule has 3 nitrogen and oxygen atoms in total. The standard InChI is InChI=1S/C16H28N2O/c1-4-18(5-2)12-14(3)13-19-16-9-7-6-8-15(16)10-11-17/h6-9,14H,4-5,10-13,17H2,1-3H3. The Hall–Kier alpha value is -1.06. The fourth-order valence-corrected chi connectivity index (χ4v) is 2.21. The number of para-hydroxylation sites is 1. The molecule has 19 heavy (non-hydrogen) atoms. The monoisotopic (exact) mass is 264 g/mol. The van der Waals surface area contributed by atoms with Crippen LogP contribution in [0.5, 0.6) is 5.75 Å². The Balaban J connectivity index is 2.47. The molecule has 1 rings (SSSR count). The van der Waals surface area contributed by atoms with Gasteiger partial charge in [0.05, 0.1) is 6.61 Å². The van der Waals surface area contributed by atoms with Crippen LogP contribution in [0.1, 0.15) is 26.3 Å². The van der Waals surface area contributed by atoms with E-state index in [0.717, 1.165) is 38.4 Å². The van der Waals surface area contributed by atoms with E-state index in [4.69, 9.17) is 10.5 Å². The first kappa shape index (κ1) is 16.0. The van der Waals surface area contributed by atoms with Crippen molar-refractivity contribution < 1.29 is 4.74 Å². The van der Waals surface area contributed by atoms with Crippen LogP contribution in [0.3, 0.4) is 0 Å². The van der Waals surface area contributed by atoms with E-state index >= 15 is 0 Å². The summed E-state index contributed by atoms with van der Waals surface area (Å²) in [5.74, 6) is 1.52. The molecule has 0 amide bonds. The molecule has 1 aromatic rings. The highest BCUT2D eigenvalue weighted by atomic mass is 16.5. The fourth-order valence-electron chi connectivity index (χ4n) is 2.21. The van der Waals surface area contributed by atoms with Crippen LogP contribution < -0.4 is 10.5 Å². The van der Waals surface area contributed by atoms with E-state index in [9.17, 15) is 0 Å². The smallest absolute Gasteiger partial charge is 0.122 e. The molecule has 0 bridgehead atoms. The summed E-state index contributed by atoms with van der Waals surface area (Å²) in [5.41, 5.74) is 6.83. The molecule has 0 aromatic heterocycles. The molecule has 1 unspecified atom stereocenters. The van der Waals surface area contributed by atoms with Crippen molar-refractivity contribution in [3.63, 3.8) is 0 Å². The Morgan fingerprint density at radius 3 is 2.53 bits per heavy atom. The van der Waals surface area contributed by atoms with Gasteiger partial charge in [-0.3, -0.25) is 0 Å². The third-order valence-electron chi connectivity index (χ3n) is 3.37. The van der Waals surface area contributed by atoms with Crippen LogP contribution in [0.2, 0.25) is 0 Å². The lowest BCUT2D eigenvalue weighted by atomic mass is 10.1. The van der Waals surface area contributed by atoms with Crippen LogP contribution in [-0.2, 0) is 6.42 Å². The van der Waals surface area contributed by atoms with Gasteiger partial charge in [-0.05, 0) is 37.7 Å². The van der Waals surface area contributed by atoms with Crippen molar-refractivity contribution in [3.05, 3.63) is 29.8 Å². The molecule has 0 spiro atoms. The molecule has 3 heteroatoms. The predicted octanol–water partition coefficient (Wildman–Crippen LogP) is 2.54. The lowest BCUT2D eigenvalue weighted by molar-refractivity contribution is 0.194. The normalized spacial score (nSPS) is 12.7. The van der Waals surface area contributed by atoms with E-state index in [0.29, 0.717) is 12.5 Å². The number of benzene rings is 1. The molecule has 0 aliphatic rings. The van der Waals surface area contributed by atoms with Crippen LogP contribution in [0.4, 0.5) is 0 Å². The van der Waals surface area contributed by atoms with Crippen LogP contribution >= 0.6 is 0 Å². The molecule has 0 radical (unpaired) electrons. The summed E-state index contributed by atoms with van der Waals surface area (Å²) in [6, 6.07) is 8.19. The Labute approximate surface area is 117 Å². The highest BCUT2D eigenvalue weighted by Crippen LogP contribution is 2.19. The summed E-state index contributed by atoms with van der Waals surface area (Å²) in [7, 11) is 0. The number of ether oxygens (including phenoxy) is 1. The molecule has 0 heterocycles. The van der Waals surface area contributed by atoms with Crippen molar-refractivity contribution in [3.8, 4) is 5.75 Å².